The largest absolute Gasteiger partial charge is 0.229 e. The van der Waals surface area contributed by atoms with Crippen molar-refractivity contribution in [2.24, 2.45) is 5.92 Å². The van der Waals surface area contributed by atoms with E-state index in [1.54, 1.807) is 18.1 Å². The highest BCUT2D eigenvalue weighted by molar-refractivity contribution is 7.98. The van der Waals surface area contributed by atoms with Crippen LogP contribution in [-0.4, -0.2) is 9.97 Å². The highest BCUT2D eigenvalue weighted by Gasteiger charge is 2.23. The van der Waals surface area contributed by atoms with Crippen molar-refractivity contribution in [1.29, 1.82) is 0 Å². The van der Waals surface area contributed by atoms with Crippen LogP contribution >= 0.6 is 34.7 Å². The third-order valence-electron chi connectivity index (χ3n) is 4.38. The monoisotopic (exact) mass is 360 g/mol. The number of nitrogens with zero attached hydrogens (tertiary/aromatic N) is 2. The van der Waals surface area contributed by atoms with E-state index in [2.05, 4.69) is 23.0 Å². The fourth-order valence-electron chi connectivity index (χ4n) is 3.12. The first-order valence-electron chi connectivity index (χ1n) is 7.84. The van der Waals surface area contributed by atoms with Crippen LogP contribution in [0.2, 0.25) is 5.02 Å². The van der Waals surface area contributed by atoms with E-state index in [1.165, 1.54) is 28.7 Å². The number of thioether (sulfide) groups is 1. The van der Waals surface area contributed by atoms with E-state index in [0.717, 1.165) is 38.5 Å². The Kier molecular flexibility index (Phi) is 4.31. The van der Waals surface area contributed by atoms with E-state index in [9.17, 15) is 0 Å². The summed E-state index contributed by atoms with van der Waals surface area (Å²) >= 11 is 9.89. The molecule has 0 radical (unpaired) electrons. The number of hydrogen-bond acceptors (Lipinski definition) is 4. The highest BCUT2D eigenvalue weighted by Crippen LogP contribution is 2.41. The van der Waals surface area contributed by atoms with Gasteiger partial charge in [-0.1, -0.05) is 36.7 Å². The van der Waals surface area contributed by atoms with Crippen LogP contribution in [0.1, 0.15) is 29.3 Å². The van der Waals surface area contributed by atoms with Crippen LogP contribution < -0.4 is 0 Å². The van der Waals surface area contributed by atoms with E-state index in [4.69, 9.17) is 11.6 Å². The molecule has 0 N–H and O–H groups in total. The predicted molar refractivity (Wildman–Crippen MR) is 99.6 cm³/mol. The van der Waals surface area contributed by atoms with Crippen molar-refractivity contribution in [3.05, 3.63) is 51.6 Å². The molecule has 1 aromatic carbocycles. The molecule has 0 spiro atoms. The Hall–Kier alpha value is -1.10. The lowest BCUT2D eigenvalue weighted by atomic mass is 9.89. The lowest BCUT2D eigenvalue weighted by Gasteiger charge is -2.18. The average Bonchev–Trinajstić information content (AvgIpc) is 2.92. The van der Waals surface area contributed by atoms with Crippen molar-refractivity contribution in [2.75, 3.05) is 0 Å². The topological polar surface area (TPSA) is 25.8 Å². The van der Waals surface area contributed by atoms with Crippen LogP contribution in [0.5, 0.6) is 0 Å². The maximum Gasteiger partial charge on any atom is 0.128 e. The van der Waals surface area contributed by atoms with Crippen molar-refractivity contribution < 1.29 is 0 Å². The summed E-state index contributed by atoms with van der Waals surface area (Å²) in [6.07, 6.45) is 5.31. The normalized spacial score (nSPS) is 17.4. The number of halogens is 1. The molecule has 0 fully saturated rings. The number of benzene rings is 1. The van der Waals surface area contributed by atoms with E-state index in [0.29, 0.717) is 0 Å². The Bertz CT molecular complexity index is 859. The first-order valence-corrected chi connectivity index (χ1v) is 10.0. The Morgan fingerprint density at radius 1 is 1.30 bits per heavy atom. The molecule has 0 amide bonds. The van der Waals surface area contributed by atoms with E-state index in [-0.39, 0.29) is 0 Å². The van der Waals surface area contributed by atoms with Crippen LogP contribution in [-0.2, 0) is 18.6 Å². The molecule has 1 aliphatic rings. The zero-order chi connectivity index (χ0) is 15.8. The van der Waals surface area contributed by atoms with Crippen molar-refractivity contribution in [3.63, 3.8) is 0 Å². The Morgan fingerprint density at radius 2 is 2.17 bits per heavy atom. The second kappa shape index (κ2) is 6.42. The Labute approximate surface area is 149 Å². The number of thiophene rings is 1. The van der Waals surface area contributed by atoms with Gasteiger partial charge in [-0.2, -0.15) is 0 Å². The van der Waals surface area contributed by atoms with Crippen molar-refractivity contribution in [3.8, 4) is 0 Å². The number of aryl methyl sites for hydroxylation is 1. The van der Waals surface area contributed by atoms with Gasteiger partial charge >= 0.3 is 0 Å². The predicted octanol–water partition coefficient (Wildman–Crippen LogP) is 5.76. The van der Waals surface area contributed by atoms with Gasteiger partial charge in [0.1, 0.15) is 16.2 Å². The molecule has 0 aliphatic heterocycles. The summed E-state index contributed by atoms with van der Waals surface area (Å²) in [6, 6.07) is 8.03. The molecule has 3 aromatic rings. The van der Waals surface area contributed by atoms with E-state index in [1.807, 2.05) is 29.5 Å². The molecule has 23 heavy (non-hydrogen) atoms. The van der Waals surface area contributed by atoms with E-state index < -0.39 is 0 Å². The molecule has 5 heteroatoms. The summed E-state index contributed by atoms with van der Waals surface area (Å²) in [5.74, 6) is 1.62. The molecule has 1 atom stereocenters. The average molecular weight is 361 g/mol. The van der Waals surface area contributed by atoms with Gasteiger partial charge in [0.25, 0.3) is 0 Å². The smallest absolute Gasteiger partial charge is 0.128 e. The SMILES string of the molecule is C[C@H]1CCc2c(sc3ncnc(SCc4ccccc4Cl)c23)C1. The molecular formula is C18H17ClN2S2. The summed E-state index contributed by atoms with van der Waals surface area (Å²) in [7, 11) is 0. The molecule has 0 saturated carbocycles. The van der Waals surface area contributed by atoms with Crippen molar-refractivity contribution >= 4 is 44.9 Å². The van der Waals surface area contributed by atoms with Gasteiger partial charge in [-0.25, -0.2) is 9.97 Å². The van der Waals surface area contributed by atoms with Crippen LogP contribution in [0.4, 0.5) is 0 Å². The van der Waals surface area contributed by atoms with Gasteiger partial charge in [-0.3, -0.25) is 0 Å². The Morgan fingerprint density at radius 3 is 3.04 bits per heavy atom. The third kappa shape index (κ3) is 3.00. The zero-order valence-electron chi connectivity index (χ0n) is 12.9. The number of aromatic nitrogens is 2. The molecular weight excluding hydrogens is 344 g/mol. The second-order valence-electron chi connectivity index (χ2n) is 6.09. The Balaban J connectivity index is 1.69. The third-order valence-corrected chi connectivity index (χ3v) is 6.95. The van der Waals surface area contributed by atoms with Crippen molar-refractivity contribution in [1.82, 2.24) is 9.97 Å². The molecule has 0 unspecified atom stereocenters. The second-order valence-corrected chi connectivity index (χ2v) is 8.55. The lowest BCUT2D eigenvalue weighted by Crippen LogP contribution is -2.08. The van der Waals surface area contributed by atoms with Gasteiger partial charge < -0.3 is 0 Å². The molecule has 2 heterocycles. The van der Waals surface area contributed by atoms with Crippen LogP contribution in [0, 0.1) is 5.92 Å². The molecule has 0 bridgehead atoms. The van der Waals surface area contributed by atoms with Gasteiger partial charge in [0.05, 0.1) is 0 Å². The quantitative estimate of drug-likeness (QED) is 0.438. The molecule has 2 nitrogen and oxygen atoms in total. The maximum atomic E-state index is 6.27. The minimum Gasteiger partial charge on any atom is -0.229 e. The maximum absolute atomic E-state index is 6.27. The van der Waals surface area contributed by atoms with E-state index >= 15 is 0 Å². The highest BCUT2D eigenvalue weighted by atomic mass is 35.5. The van der Waals surface area contributed by atoms with Gasteiger partial charge in [-0.15, -0.1) is 23.1 Å². The summed E-state index contributed by atoms with van der Waals surface area (Å²) in [4.78, 5) is 11.7. The number of rotatable bonds is 3. The fraction of sp³-hybridized carbons (Fsp3) is 0.333. The minimum absolute atomic E-state index is 0.780. The molecule has 1 aliphatic carbocycles. The van der Waals surface area contributed by atoms with Gasteiger partial charge in [-0.05, 0) is 42.4 Å². The molecule has 2 aromatic heterocycles. The summed E-state index contributed by atoms with van der Waals surface area (Å²) in [5.41, 5.74) is 2.65. The summed E-state index contributed by atoms with van der Waals surface area (Å²) in [6.45, 7) is 2.34. The zero-order valence-corrected chi connectivity index (χ0v) is 15.3. The van der Waals surface area contributed by atoms with Gasteiger partial charge in [0.2, 0.25) is 0 Å². The van der Waals surface area contributed by atoms with Crippen LogP contribution in [0.15, 0.2) is 35.6 Å². The summed E-state index contributed by atoms with van der Waals surface area (Å²) in [5, 5.41) is 3.21. The van der Waals surface area contributed by atoms with Gasteiger partial charge in [0.15, 0.2) is 0 Å². The van der Waals surface area contributed by atoms with Gasteiger partial charge in [0, 0.05) is 21.0 Å². The molecule has 0 saturated heterocycles. The fourth-order valence-corrected chi connectivity index (χ4v) is 5.84. The first-order chi connectivity index (χ1) is 11.2. The van der Waals surface area contributed by atoms with Crippen LogP contribution in [0.25, 0.3) is 10.2 Å². The lowest BCUT2D eigenvalue weighted by molar-refractivity contribution is 0.509. The number of fused-ring (bicyclic) bond motifs is 3. The first kappa shape index (κ1) is 15.4. The minimum atomic E-state index is 0.780. The van der Waals surface area contributed by atoms with Crippen molar-refractivity contribution in [2.45, 2.75) is 37.0 Å². The standard InChI is InChI=1S/C18H17ClN2S2/c1-11-6-7-13-15(8-11)23-18-16(13)17(20-10-21-18)22-9-12-4-2-3-5-14(12)19/h2-5,10-11H,6-9H2,1H3/t11-/m0/s1. The van der Waals surface area contributed by atoms with Crippen LogP contribution in [0.3, 0.4) is 0 Å². The molecule has 4 rings (SSSR count). The molecule has 118 valence electrons. The number of hydrogen-bond donors (Lipinski definition) is 0. The summed E-state index contributed by atoms with van der Waals surface area (Å²) < 4.78 is 0.